The Hall–Kier alpha value is -1.49. The van der Waals surface area contributed by atoms with Crippen LogP contribution >= 0.6 is 11.8 Å². The van der Waals surface area contributed by atoms with Gasteiger partial charge in [-0.2, -0.15) is 0 Å². The van der Waals surface area contributed by atoms with Crippen LogP contribution < -0.4 is 5.32 Å². The molecule has 0 radical (unpaired) electrons. The van der Waals surface area contributed by atoms with Gasteiger partial charge in [0, 0.05) is 11.4 Å². The van der Waals surface area contributed by atoms with Crippen molar-refractivity contribution in [3.63, 3.8) is 0 Å². The van der Waals surface area contributed by atoms with E-state index < -0.39 is 0 Å². The van der Waals surface area contributed by atoms with Crippen LogP contribution in [0.25, 0.3) is 0 Å². The monoisotopic (exact) mass is 309 g/mol. The summed E-state index contributed by atoms with van der Waals surface area (Å²) >= 11 is 1.43. The molecule has 0 aliphatic rings. The molecule has 5 heteroatoms. The summed E-state index contributed by atoms with van der Waals surface area (Å²) in [6.45, 7) is 8.42. The Bertz CT molecular complexity index is 500. The van der Waals surface area contributed by atoms with Crippen LogP contribution in [0.3, 0.4) is 0 Å². The minimum absolute atomic E-state index is 0.209. The van der Waals surface area contributed by atoms with Crippen LogP contribution in [0.15, 0.2) is 23.1 Å². The zero-order chi connectivity index (χ0) is 15.8. The summed E-state index contributed by atoms with van der Waals surface area (Å²) in [4.78, 5) is 24.1. The Kier molecular flexibility index (Phi) is 7.29. The number of ether oxygens (including phenoxy) is 1. The Labute approximate surface area is 130 Å². The Morgan fingerprint density at radius 1 is 1.29 bits per heavy atom. The number of amides is 1. The van der Waals surface area contributed by atoms with Crippen molar-refractivity contribution >= 4 is 23.6 Å². The standard InChI is InChI=1S/C16H23NO3S/c1-11(2)8-17-15(18)9-20-16(19)10-21-14-7-12(3)5-6-13(14)4/h5-7,11H,8-10H2,1-4H3,(H,17,18). The first-order valence-electron chi connectivity index (χ1n) is 7.01. The minimum Gasteiger partial charge on any atom is -0.455 e. The zero-order valence-corrected chi connectivity index (χ0v) is 13.9. The van der Waals surface area contributed by atoms with Gasteiger partial charge in [-0.25, -0.2) is 0 Å². The number of hydrogen-bond acceptors (Lipinski definition) is 4. The third-order valence-electron chi connectivity index (χ3n) is 2.76. The first kappa shape index (κ1) is 17.6. The number of thioether (sulfide) groups is 1. The molecule has 0 saturated heterocycles. The molecular formula is C16H23NO3S. The molecule has 116 valence electrons. The summed E-state index contributed by atoms with van der Waals surface area (Å²) in [5, 5.41) is 2.70. The van der Waals surface area contributed by atoms with Gasteiger partial charge in [-0.05, 0) is 31.4 Å². The molecule has 1 rings (SSSR count). The van der Waals surface area contributed by atoms with Crippen molar-refractivity contribution in [1.82, 2.24) is 5.32 Å². The van der Waals surface area contributed by atoms with E-state index in [1.54, 1.807) is 0 Å². The maximum absolute atomic E-state index is 11.6. The minimum atomic E-state index is -0.374. The lowest BCUT2D eigenvalue weighted by molar-refractivity contribution is -0.145. The number of hydrogen-bond donors (Lipinski definition) is 1. The number of rotatable bonds is 7. The number of carbonyl (C=O) groups excluding carboxylic acids is 2. The Morgan fingerprint density at radius 2 is 2.00 bits per heavy atom. The van der Waals surface area contributed by atoms with Crippen LogP contribution in [0.2, 0.25) is 0 Å². The molecule has 1 aromatic carbocycles. The zero-order valence-electron chi connectivity index (χ0n) is 13.1. The van der Waals surface area contributed by atoms with Crippen LogP contribution in [-0.4, -0.2) is 30.8 Å². The van der Waals surface area contributed by atoms with Crippen molar-refractivity contribution < 1.29 is 14.3 Å². The van der Waals surface area contributed by atoms with E-state index in [0.29, 0.717) is 12.5 Å². The number of esters is 1. The second-order valence-electron chi connectivity index (χ2n) is 5.42. The van der Waals surface area contributed by atoms with Crippen LogP contribution in [0.1, 0.15) is 25.0 Å². The number of benzene rings is 1. The van der Waals surface area contributed by atoms with Crippen molar-refractivity contribution in [2.75, 3.05) is 18.9 Å². The van der Waals surface area contributed by atoms with Gasteiger partial charge in [0.05, 0.1) is 5.75 Å². The molecular weight excluding hydrogens is 286 g/mol. The summed E-state index contributed by atoms with van der Waals surface area (Å²) < 4.78 is 4.96. The maximum Gasteiger partial charge on any atom is 0.316 e. The Balaban J connectivity index is 2.31. The van der Waals surface area contributed by atoms with Crippen molar-refractivity contribution in [1.29, 1.82) is 0 Å². The van der Waals surface area contributed by atoms with E-state index in [1.807, 2.05) is 45.9 Å². The lowest BCUT2D eigenvalue weighted by Crippen LogP contribution is -2.31. The van der Waals surface area contributed by atoms with Gasteiger partial charge in [-0.1, -0.05) is 31.5 Å². The lowest BCUT2D eigenvalue weighted by Gasteiger charge is -2.09. The third kappa shape index (κ3) is 7.18. The van der Waals surface area contributed by atoms with Crippen molar-refractivity contribution in [3.05, 3.63) is 29.3 Å². The van der Waals surface area contributed by atoms with E-state index in [1.165, 1.54) is 11.8 Å². The highest BCUT2D eigenvalue weighted by Crippen LogP contribution is 2.23. The number of nitrogens with one attached hydrogen (secondary N) is 1. The average Bonchev–Trinajstić information content (AvgIpc) is 2.43. The fourth-order valence-corrected chi connectivity index (χ4v) is 2.48. The van der Waals surface area contributed by atoms with E-state index in [2.05, 4.69) is 5.32 Å². The molecule has 4 nitrogen and oxygen atoms in total. The summed E-state index contributed by atoms with van der Waals surface area (Å²) in [6.07, 6.45) is 0. The molecule has 0 bridgehead atoms. The van der Waals surface area contributed by atoms with E-state index in [0.717, 1.165) is 16.0 Å². The van der Waals surface area contributed by atoms with Gasteiger partial charge in [0.2, 0.25) is 0 Å². The molecule has 0 saturated carbocycles. The molecule has 0 atom stereocenters. The van der Waals surface area contributed by atoms with Crippen LogP contribution in [0.5, 0.6) is 0 Å². The molecule has 21 heavy (non-hydrogen) atoms. The van der Waals surface area contributed by atoms with Crippen molar-refractivity contribution in [2.24, 2.45) is 5.92 Å². The summed E-state index contributed by atoms with van der Waals surface area (Å²) in [5.41, 5.74) is 2.29. The van der Waals surface area contributed by atoms with Gasteiger partial charge in [-0.3, -0.25) is 9.59 Å². The largest absolute Gasteiger partial charge is 0.455 e. The fourth-order valence-electron chi connectivity index (χ4n) is 1.56. The third-order valence-corrected chi connectivity index (χ3v) is 3.89. The second kappa shape index (κ2) is 8.72. The molecule has 0 aliphatic carbocycles. The molecule has 1 amide bonds. The predicted octanol–water partition coefficient (Wildman–Crippen LogP) is 2.71. The molecule has 1 N–H and O–H groups in total. The fraction of sp³-hybridized carbons (Fsp3) is 0.500. The molecule has 0 fully saturated rings. The molecule has 1 aromatic rings. The Morgan fingerprint density at radius 3 is 2.67 bits per heavy atom. The van der Waals surface area contributed by atoms with Gasteiger partial charge in [0.1, 0.15) is 0 Å². The van der Waals surface area contributed by atoms with E-state index >= 15 is 0 Å². The maximum atomic E-state index is 11.6. The first-order valence-corrected chi connectivity index (χ1v) is 7.99. The smallest absolute Gasteiger partial charge is 0.316 e. The first-order chi connectivity index (χ1) is 9.88. The van der Waals surface area contributed by atoms with Gasteiger partial charge in [0.15, 0.2) is 6.61 Å². The van der Waals surface area contributed by atoms with Crippen molar-refractivity contribution in [3.8, 4) is 0 Å². The van der Waals surface area contributed by atoms with Crippen LogP contribution in [-0.2, 0) is 14.3 Å². The average molecular weight is 309 g/mol. The number of carbonyl (C=O) groups is 2. The topological polar surface area (TPSA) is 55.4 Å². The predicted molar refractivity (Wildman–Crippen MR) is 85.4 cm³/mol. The summed E-state index contributed by atoms with van der Waals surface area (Å²) in [7, 11) is 0. The van der Waals surface area contributed by atoms with Gasteiger partial charge >= 0.3 is 5.97 Å². The van der Waals surface area contributed by atoms with Gasteiger partial charge < -0.3 is 10.1 Å². The van der Waals surface area contributed by atoms with Crippen molar-refractivity contribution in [2.45, 2.75) is 32.6 Å². The quantitative estimate of drug-likeness (QED) is 0.621. The highest BCUT2D eigenvalue weighted by molar-refractivity contribution is 8.00. The van der Waals surface area contributed by atoms with E-state index in [-0.39, 0.29) is 24.2 Å². The lowest BCUT2D eigenvalue weighted by atomic mass is 10.2. The molecule has 0 aromatic heterocycles. The SMILES string of the molecule is Cc1ccc(C)c(SCC(=O)OCC(=O)NCC(C)C)c1. The van der Waals surface area contributed by atoms with Crippen LogP contribution in [0, 0.1) is 19.8 Å². The normalized spacial score (nSPS) is 10.5. The molecule has 0 aliphatic heterocycles. The highest BCUT2D eigenvalue weighted by Gasteiger charge is 2.09. The molecule has 0 spiro atoms. The molecule has 0 unspecified atom stereocenters. The van der Waals surface area contributed by atoms with Gasteiger partial charge in [-0.15, -0.1) is 11.8 Å². The summed E-state index contributed by atoms with van der Waals surface area (Å²) in [6, 6.07) is 6.11. The number of aryl methyl sites for hydroxylation is 2. The highest BCUT2D eigenvalue weighted by atomic mass is 32.2. The molecule has 0 heterocycles. The second-order valence-corrected chi connectivity index (χ2v) is 6.43. The van der Waals surface area contributed by atoms with Gasteiger partial charge in [0.25, 0.3) is 5.91 Å². The summed E-state index contributed by atoms with van der Waals surface area (Å²) in [5.74, 6) is -0.0410. The van der Waals surface area contributed by atoms with E-state index in [9.17, 15) is 9.59 Å². The van der Waals surface area contributed by atoms with E-state index in [4.69, 9.17) is 4.74 Å². The van der Waals surface area contributed by atoms with Crippen LogP contribution in [0.4, 0.5) is 0 Å².